The highest BCUT2D eigenvalue weighted by Gasteiger charge is 2.16. The summed E-state index contributed by atoms with van der Waals surface area (Å²) in [6.45, 7) is 2.29. The Balaban J connectivity index is 2.11. The highest BCUT2D eigenvalue weighted by molar-refractivity contribution is 5.96. The fourth-order valence-corrected chi connectivity index (χ4v) is 2.16. The maximum Gasteiger partial charge on any atom is 0.292 e. The molecule has 0 aromatic heterocycles. The van der Waals surface area contributed by atoms with E-state index >= 15 is 0 Å². The van der Waals surface area contributed by atoms with Gasteiger partial charge in [0.1, 0.15) is 11.5 Å². The van der Waals surface area contributed by atoms with E-state index in [4.69, 9.17) is 0 Å². The van der Waals surface area contributed by atoms with Crippen LogP contribution in [0, 0.1) is 15.9 Å². The number of benzene rings is 2. The minimum Gasteiger partial charge on any atom is -0.362 e. The van der Waals surface area contributed by atoms with E-state index in [2.05, 4.69) is 5.32 Å². The van der Waals surface area contributed by atoms with E-state index in [1.807, 2.05) is 6.92 Å². The molecule has 0 atom stereocenters. The minimum atomic E-state index is -0.556. The van der Waals surface area contributed by atoms with Gasteiger partial charge in [-0.2, -0.15) is 0 Å². The predicted molar refractivity (Wildman–Crippen MR) is 86.0 cm³/mol. The number of rotatable bonds is 6. The molecular formula is C16H16FN3O3. The second kappa shape index (κ2) is 7.35. The van der Waals surface area contributed by atoms with Crippen molar-refractivity contribution >= 4 is 23.0 Å². The second-order valence-electron chi connectivity index (χ2n) is 4.82. The van der Waals surface area contributed by atoms with Gasteiger partial charge in [-0.05, 0) is 31.2 Å². The first-order valence-corrected chi connectivity index (χ1v) is 7.05. The Morgan fingerprint density at radius 1 is 1.26 bits per heavy atom. The molecule has 0 heterocycles. The number of nitrogens with zero attached hydrogens (tertiary/aromatic N) is 2. The van der Waals surface area contributed by atoms with Crippen LogP contribution in [0.1, 0.15) is 6.92 Å². The molecule has 0 bridgehead atoms. The lowest BCUT2D eigenvalue weighted by atomic mass is 10.2. The van der Waals surface area contributed by atoms with Crippen molar-refractivity contribution in [3.63, 3.8) is 0 Å². The summed E-state index contributed by atoms with van der Waals surface area (Å²) in [4.78, 5) is 24.2. The molecule has 6 nitrogen and oxygen atoms in total. The van der Waals surface area contributed by atoms with Crippen LogP contribution in [-0.2, 0) is 4.79 Å². The van der Waals surface area contributed by atoms with Crippen LogP contribution in [0.15, 0.2) is 48.5 Å². The van der Waals surface area contributed by atoms with Crippen molar-refractivity contribution in [3.8, 4) is 0 Å². The first-order valence-electron chi connectivity index (χ1n) is 7.05. The van der Waals surface area contributed by atoms with Gasteiger partial charge < -0.3 is 10.2 Å². The maximum absolute atomic E-state index is 13.3. The molecule has 2 aromatic carbocycles. The van der Waals surface area contributed by atoms with Crippen LogP contribution in [0.2, 0.25) is 0 Å². The van der Waals surface area contributed by atoms with Gasteiger partial charge in [0.2, 0.25) is 5.91 Å². The molecule has 0 fully saturated rings. The van der Waals surface area contributed by atoms with Crippen molar-refractivity contribution in [2.24, 2.45) is 0 Å². The lowest BCUT2D eigenvalue weighted by molar-refractivity contribution is -0.383. The van der Waals surface area contributed by atoms with Crippen LogP contribution in [0.3, 0.4) is 0 Å². The van der Waals surface area contributed by atoms with Gasteiger partial charge in [0.05, 0.1) is 11.5 Å². The zero-order valence-corrected chi connectivity index (χ0v) is 12.5. The van der Waals surface area contributed by atoms with Crippen molar-refractivity contribution in [3.05, 3.63) is 64.5 Å². The van der Waals surface area contributed by atoms with Crippen LogP contribution in [0.5, 0.6) is 0 Å². The van der Waals surface area contributed by atoms with E-state index in [0.717, 1.165) is 0 Å². The molecule has 2 aromatic rings. The van der Waals surface area contributed by atoms with Gasteiger partial charge in [0, 0.05) is 18.3 Å². The summed E-state index contributed by atoms with van der Waals surface area (Å²) >= 11 is 0. The average Bonchev–Trinajstić information content (AvgIpc) is 2.53. The lowest BCUT2D eigenvalue weighted by Gasteiger charge is -2.22. The summed E-state index contributed by atoms with van der Waals surface area (Å²) in [5, 5.41) is 13.5. The summed E-state index contributed by atoms with van der Waals surface area (Å²) in [5.74, 6) is -0.800. The summed E-state index contributed by atoms with van der Waals surface area (Å²) in [7, 11) is 0. The zero-order chi connectivity index (χ0) is 16.8. The van der Waals surface area contributed by atoms with Crippen molar-refractivity contribution in [2.45, 2.75) is 6.92 Å². The molecule has 0 aliphatic carbocycles. The minimum absolute atomic E-state index is 0.0357. The van der Waals surface area contributed by atoms with Gasteiger partial charge in [-0.3, -0.25) is 14.9 Å². The number of para-hydroxylation sites is 2. The van der Waals surface area contributed by atoms with Crippen molar-refractivity contribution < 1.29 is 14.1 Å². The Kier molecular flexibility index (Phi) is 5.24. The Hall–Kier alpha value is -2.96. The van der Waals surface area contributed by atoms with Crippen LogP contribution >= 0.6 is 0 Å². The SMILES string of the molecule is CCN(CC(=O)Nc1ccccc1[N+](=O)[O-])c1cccc(F)c1. The van der Waals surface area contributed by atoms with Crippen molar-refractivity contribution in [2.75, 3.05) is 23.3 Å². The standard InChI is InChI=1S/C16H16FN3O3/c1-2-19(13-7-5-6-12(17)10-13)11-16(21)18-14-8-3-4-9-15(14)20(22)23/h3-10H,2,11H2,1H3,(H,18,21). The molecule has 23 heavy (non-hydrogen) atoms. The molecule has 0 saturated carbocycles. The van der Waals surface area contributed by atoms with Gasteiger partial charge in [0.25, 0.3) is 5.69 Å². The van der Waals surface area contributed by atoms with Crippen molar-refractivity contribution in [1.29, 1.82) is 0 Å². The van der Waals surface area contributed by atoms with E-state index in [1.165, 1.54) is 30.3 Å². The first kappa shape index (κ1) is 16.4. The third-order valence-electron chi connectivity index (χ3n) is 3.26. The molecule has 0 unspecified atom stereocenters. The van der Waals surface area contributed by atoms with E-state index in [1.54, 1.807) is 23.1 Å². The Bertz CT molecular complexity index is 721. The molecule has 120 valence electrons. The van der Waals surface area contributed by atoms with Gasteiger partial charge in [0.15, 0.2) is 0 Å². The molecular weight excluding hydrogens is 301 g/mol. The quantitative estimate of drug-likeness (QED) is 0.656. The normalized spacial score (nSPS) is 10.2. The Labute approximate surface area is 132 Å². The topological polar surface area (TPSA) is 75.5 Å². The number of hydrogen-bond donors (Lipinski definition) is 1. The number of likely N-dealkylation sites (N-methyl/N-ethyl adjacent to an activating group) is 1. The fourth-order valence-electron chi connectivity index (χ4n) is 2.16. The van der Waals surface area contributed by atoms with Crippen LogP contribution in [0.4, 0.5) is 21.5 Å². The predicted octanol–water partition coefficient (Wildman–Crippen LogP) is 3.20. The number of carbonyl (C=O) groups excluding carboxylic acids is 1. The van der Waals surface area contributed by atoms with E-state index in [-0.39, 0.29) is 23.7 Å². The monoisotopic (exact) mass is 317 g/mol. The number of hydrogen-bond acceptors (Lipinski definition) is 4. The van der Waals surface area contributed by atoms with Gasteiger partial charge in [-0.25, -0.2) is 4.39 Å². The van der Waals surface area contributed by atoms with E-state index < -0.39 is 10.8 Å². The largest absolute Gasteiger partial charge is 0.362 e. The van der Waals surface area contributed by atoms with Gasteiger partial charge >= 0.3 is 0 Å². The van der Waals surface area contributed by atoms with E-state index in [9.17, 15) is 19.3 Å². The number of nitrogens with one attached hydrogen (secondary N) is 1. The molecule has 1 N–H and O–H groups in total. The number of amides is 1. The number of nitro groups is 1. The summed E-state index contributed by atoms with van der Waals surface area (Å²) in [6.07, 6.45) is 0. The summed E-state index contributed by atoms with van der Waals surface area (Å²) < 4.78 is 13.3. The third-order valence-corrected chi connectivity index (χ3v) is 3.26. The summed E-state index contributed by atoms with van der Waals surface area (Å²) in [6, 6.07) is 11.8. The van der Waals surface area contributed by atoms with E-state index in [0.29, 0.717) is 12.2 Å². The molecule has 0 spiro atoms. The van der Waals surface area contributed by atoms with Crippen molar-refractivity contribution in [1.82, 2.24) is 0 Å². The Morgan fingerprint density at radius 2 is 2.00 bits per heavy atom. The fraction of sp³-hybridized carbons (Fsp3) is 0.188. The number of nitro benzene ring substituents is 1. The zero-order valence-electron chi connectivity index (χ0n) is 12.5. The molecule has 1 amide bonds. The molecule has 0 saturated heterocycles. The first-order chi connectivity index (χ1) is 11.0. The summed E-state index contributed by atoms with van der Waals surface area (Å²) in [5.41, 5.74) is 0.540. The number of anilines is 2. The molecule has 0 aliphatic heterocycles. The maximum atomic E-state index is 13.3. The number of halogens is 1. The third kappa shape index (κ3) is 4.26. The molecule has 0 radical (unpaired) electrons. The smallest absolute Gasteiger partial charge is 0.292 e. The average molecular weight is 317 g/mol. The van der Waals surface area contributed by atoms with Crippen LogP contribution in [-0.4, -0.2) is 23.9 Å². The molecule has 7 heteroatoms. The Morgan fingerprint density at radius 3 is 2.65 bits per heavy atom. The second-order valence-corrected chi connectivity index (χ2v) is 4.82. The van der Waals surface area contributed by atoms with Crippen LogP contribution < -0.4 is 10.2 Å². The number of carbonyl (C=O) groups is 1. The molecule has 2 rings (SSSR count). The highest BCUT2D eigenvalue weighted by atomic mass is 19.1. The lowest BCUT2D eigenvalue weighted by Crippen LogP contribution is -2.33. The van der Waals surface area contributed by atoms with Crippen LogP contribution in [0.25, 0.3) is 0 Å². The highest BCUT2D eigenvalue weighted by Crippen LogP contribution is 2.23. The van der Waals surface area contributed by atoms with Gasteiger partial charge in [-0.1, -0.05) is 18.2 Å². The molecule has 0 aliphatic rings. The van der Waals surface area contributed by atoms with Gasteiger partial charge in [-0.15, -0.1) is 0 Å².